The van der Waals surface area contributed by atoms with Gasteiger partial charge in [0.1, 0.15) is 0 Å². The van der Waals surface area contributed by atoms with E-state index in [1.807, 2.05) is 0 Å². The smallest absolute Gasteiger partial charge is 0.305 e. The summed E-state index contributed by atoms with van der Waals surface area (Å²) in [6.45, 7) is 2.89. The quantitative estimate of drug-likeness (QED) is 0.428. The van der Waals surface area contributed by atoms with E-state index < -0.39 is 0 Å². The molecule has 60 valence electrons. The standard InChI is InChI=1S/C7H14O3/c1-3-10-7(8)5-4-6-9-2/h3-6H2,1-2H3. The molecule has 0 bridgehead atoms. The molecule has 0 unspecified atom stereocenters. The van der Waals surface area contributed by atoms with Gasteiger partial charge in [0.25, 0.3) is 0 Å². The summed E-state index contributed by atoms with van der Waals surface area (Å²) in [5.74, 6) is -0.139. The highest BCUT2D eigenvalue weighted by molar-refractivity contribution is 5.69. The largest absolute Gasteiger partial charge is 0.466 e. The first kappa shape index (κ1) is 9.43. The van der Waals surface area contributed by atoms with Gasteiger partial charge < -0.3 is 9.47 Å². The van der Waals surface area contributed by atoms with Crippen LogP contribution >= 0.6 is 0 Å². The van der Waals surface area contributed by atoms with Crippen molar-refractivity contribution in [2.24, 2.45) is 0 Å². The second kappa shape index (κ2) is 6.55. The van der Waals surface area contributed by atoms with Crippen molar-refractivity contribution in [3.05, 3.63) is 0 Å². The molecule has 0 aliphatic carbocycles. The summed E-state index contributed by atoms with van der Waals surface area (Å²) in [7, 11) is 1.62. The van der Waals surface area contributed by atoms with Crippen LogP contribution < -0.4 is 0 Å². The zero-order chi connectivity index (χ0) is 7.82. The number of carbonyl (C=O) groups is 1. The maximum absolute atomic E-state index is 10.6. The van der Waals surface area contributed by atoms with Crippen molar-refractivity contribution in [1.82, 2.24) is 0 Å². The fourth-order valence-corrected chi connectivity index (χ4v) is 0.594. The Morgan fingerprint density at radius 3 is 2.70 bits per heavy atom. The highest BCUT2D eigenvalue weighted by Crippen LogP contribution is 1.92. The van der Waals surface area contributed by atoms with Gasteiger partial charge in [-0.05, 0) is 13.3 Å². The molecule has 0 amide bonds. The van der Waals surface area contributed by atoms with Gasteiger partial charge in [-0.2, -0.15) is 0 Å². The van der Waals surface area contributed by atoms with Gasteiger partial charge in [-0.15, -0.1) is 0 Å². The Hall–Kier alpha value is -0.570. The maximum atomic E-state index is 10.6. The number of carbonyl (C=O) groups excluding carboxylic acids is 1. The van der Waals surface area contributed by atoms with Crippen molar-refractivity contribution < 1.29 is 14.3 Å². The first-order valence-electron chi connectivity index (χ1n) is 3.45. The summed E-state index contributed by atoms with van der Waals surface area (Å²) in [5, 5.41) is 0. The maximum Gasteiger partial charge on any atom is 0.305 e. The van der Waals surface area contributed by atoms with Crippen molar-refractivity contribution in [2.75, 3.05) is 20.3 Å². The Morgan fingerprint density at radius 2 is 2.20 bits per heavy atom. The molecule has 0 fully saturated rings. The molecule has 0 heterocycles. The second-order valence-corrected chi connectivity index (χ2v) is 1.90. The normalized spacial score (nSPS) is 9.40. The predicted octanol–water partition coefficient (Wildman–Crippen LogP) is 0.976. The molecule has 0 aromatic carbocycles. The van der Waals surface area contributed by atoms with E-state index in [-0.39, 0.29) is 5.97 Å². The zero-order valence-electron chi connectivity index (χ0n) is 6.55. The number of hydrogen-bond donors (Lipinski definition) is 0. The van der Waals surface area contributed by atoms with Gasteiger partial charge in [0.05, 0.1) is 6.61 Å². The van der Waals surface area contributed by atoms with E-state index in [4.69, 9.17) is 9.47 Å². The lowest BCUT2D eigenvalue weighted by Gasteiger charge is -1.99. The van der Waals surface area contributed by atoms with Crippen LogP contribution in [-0.2, 0) is 14.3 Å². The average molecular weight is 146 g/mol. The summed E-state index contributed by atoms with van der Waals surface area (Å²) in [4.78, 5) is 10.6. The second-order valence-electron chi connectivity index (χ2n) is 1.90. The van der Waals surface area contributed by atoms with Gasteiger partial charge in [0.2, 0.25) is 0 Å². The van der Waals surface area contributed by atoms with Gasteiger partial charge >= 0.3 is 5.97 Å². The van der Waals surface area contributed by atoms with Crippen LogP contribution in [0, 0.1) is 0 Å². The number of hydrogen-bond acceptors (Lipinski definition) is 3. The third-order valence-corrected chi connectivity index (χ3v) is 1.03. The molecule has 0 rings (SSSR count). The highest BCUT2D eigenvalue weighted by atomic mass is 16.5. The van der Waals surface area contributed by atoms with Crippen molar-refractivity contribution in [1.29, 1.82) is 0 Å². The summed E-state index contributed by atoms with van der Waals surface area (Å²) < 4.78 is 9.46. The van der Waals surface area contributed by atoms with E-state index >= 15 is 0 Å². The molecule has 0 saturated heterocycles. The molecule has 0 aliphatic rings. The lowest BCUT2D eigenvalue weighted by atomic mass is 10.3. The minimum atomic E-state index is -0.139. The molecular formula is C7H14O3. The van der Waals surface area contributed by atoms with E-state index in [1.165, 1.54) is 0 Å². The molecule has 0 saturated carbocycles. The molecule has 0 atom stereocenters. The Balaban J connectivity index is 3.05. The average Bonchev–Trinajstić information content (AvgIpc) is 1.89. The third-order valence-electron chi connectivity index (χ3n) is 1.03. The van der Waals surface area contributed by atoms with Crippen molar-refractivity contribution in [3.8, 4) is 0 Å². The van der Waals surface area contributed by atoms with Gasteiger partial charge in [-0.25, -0.2) is 0 Å². The van der Waals surface area contributed by atoms with Crippen molar-refractivity contribution in [3.63, 3.8) is 0 Å². The third kappa shape index (κ3) is 5.56. The van der Waals surface area contributed by atoms with Crippen LogP contribution in [0.15, 0.2) is 0 Å². The summed E-state index contributed by atoms with van der Waals surface area (Å²) in [6.07, 6.45) is 1.21. The van der Waals surface area contributed by atoms with Gasteiger partial charge in [-0.3, -0.25) is 4.79 Å². The topological polar surface area (TPSA) is 35.5 Å². The molecule has 0 aromatic rings. The SMILES string of the molecule is CCOC(=O)CCCOC. The van der Waals surface area contributed by atoms with Crippen molar-refractivity contribution >= 4 is 5.97 Å². The Bertz CT molecular complexity index is 90.9. The molecular weight excluding hydrogens is 132 g/mol. The van der Waals surface area contributed by atoms with E-state index in [0.717, 1.165) is 6.42 Å². The molecule has 3 nitrogen and oxygen atoms in total. The summed E-state index contributed by atoms with van der Waals surface area (Å²) in [5.41, 5.74) is 0. The first-order valence-corrected chi connectivity index (χ1v) is 3.45. The number of methoxy groups -OCH3 is 1. The van der Waals surface area contributed by atoms with E-state index in [0.29, 0.717) is 19.6 Å². The van der Waals surface area contributed by atoms with E-state index in [9.17, 15) is 4.79 Å². The number of rotatable bonds is 5. The van der Waals surface area contributed by atoms with E-state index in [1.54, 1.807) is 14.0 Å². The van der Waals surface area contributed by atoms with Gasteiger partial charge in [-0.1, -0.05) is 0 Å². The molecule has 0 N–H and O–H groups in total. The lowest BCUT2D eigenvalue weighted by molar-refractivity contribution is -0.143. The Morgan fingerprint density at radius 1 is 1.50 bits per heavy atom. The van der Waals surface area contributed by atoms with Gasteiger partial charge in [0, 0.05) is 20.1 Å². The van der Waals surface area contributed by atoms with Crippen molar-refractivity contribution in [2.45, 2.75) is 19.8 Å². The van der Waals surface area contributed by atoms with Crippen LogP contribution in [0.4, 0.5) is 0 Å². The molecule has 0 radical (unpaired) electrons. The monoisotopic (exact) mass is 146 g/mol. The first-order chi connectivity index (χ1) is 4.81. The van der Waals surface area contributed by atoms with Crippen LogP contribution in [0.2, 0.25) is 0 Å². The highest BCUT2D eigenvalue weighted by Gasteiger charge is 1.98. The molecule has 3 heteroatoms. The van der Waals surface area contributed by atoms with Crippen LogP contribution in [0.3, 0.4) is 0 Å². The Labute approximate surface area is 61.3 Å². The van der Waals surface area contributed by atoms with E-state index in [2.05, 4.69) is 0 Å². The molecule has 0 spiro atoms. The fraction of sp³-hybridized carbons (Fsp3) is 0.857. The van der Waals surface area contributed by atoms with Gasteiger partial charge in [0.15, 0.2) is 0 Å². The van der Waals surface area contributed by atoms with Crippen LogP contribution in [0.5, 0.6) is 0 Å². The van der Waals surface area contributed by atoms with Crippen LogP contribution in [-0.4, -0.2) is 26.3 Å². The van der Waals surface area contributed by atoms with Crippen LogP contribution in [0.1, 0.15) is 19.8 Å². The number of esters is 1. The number of ether oxygens (including phenoxy) is 2. The Kier molecular flexibility index (Phi) is 6.18. The predicted molar refractivity (Wildman–Crippen MR) is 37.7 cm³/mol. The minimum Gasteiger partial charge on any atom is -0.466 e. The lowest BCUT2D eigenvalue weighted by Crippen LogP contribution is -2.04. The summed E-state index contributed by atoms with van der Waals surface area (Å²) in [6, 6.07) is 0. The summed E-state index contributed by atoms with van der Waals surface area (Å²) >= 11 is 0. The molecule has 10 heavy (non-hydrogen) atoms. The minimum absolute atomic E-state index is 0.139. The fourth-order valence-electron chi connectivity index (χ4n) is 0.594. The zero-order valence-corrected chi connectivity index (χ0v) is 6.55. The molecule has 0 aliphatic heterocycles. The van der Waals surface area contributed by atoms with Crippen LogP contribution in [0.25, 0.3) is 0 Å². The molecule has 0 aromatic heterocycles.